The van der Waals surface area contributed by atoms with E-state index in [1.165, 1.54) is 0 Å². The largest absolute Gasteiger partial charge is 0.368 e. The lowest BCUT2D eigenvalue weighted by Gasteiger charge is -2.35. The van der Waals surface area contributed by atoms with Gasteiger partial charge in [-0.3, -0.25) is 14.2 Å². The normalized spacial score (nSPS) is 15.4. The third kappa shape index (κ3) is 3.23. The average molecular weight is 403 g/mol. The lowest BCUT2D eigenvalue weighted by Crippen LogP contribution is -2.46. The number of aromatic nitrogens is 5. The molecule has 0 spiro atoms. The van der Waals surface area contributed by atoms with Gasteiger partial charge in [0.25, 0.3) is 5.56 Å². The molecule has 5 rings (SSSR count). The highest BCUT2D eigenvalue weighted by Crippen LogP contribution is 2.21. The molecule has 1 aliphatic heterocycles. The van der Waals surface area contributed by atoms with Crippen LogP contribution in [-0.4, -0.2) is 61.6 Å². The molecule has 30 heavy (non-hydrogen) atoms. The maximum Gasteiger partial charge on any atom is 0.258 e. The number of hydrogen-bond donors (Lipinski definition) is 0. The number of anilines is 1. The molecule has 0 atom stereocenters. The van der Waals surface area contributed by atoms with Crippen LogP contribution in [-0.2, 0) is 0 Å². The van der Waals surface area contributed by atoms with Crippen molar-refractivity contribution in [2.75, 3.05) is 37.6 Å². The van der Waals surface area contributed by atoms with E-state index in [-0.39, 0.29) is 5.56 Å². The molecule has 1 aliphatic rings. The minimum Gasteiger partial charge on any atom is -0.368 e. The Balaban J connectivity index is 1.52. The fraction of sp³-hybridized carbons (Fsp3) is 0.364. The van der Waals surface area contributed by atoms with E-state index in [2.05, 4.69) is 26.8 Å². The lowest BCUT2D eigenvalue weighted by molar-refractivity contribution is 0.271. The number of pyridine rings is 1. The van der Waals surface area contributed by atoms with E-state index in [0.29, 0.717) is 17.0 Å². The van der Waals surface area contributed by atoms with Crippen molar-refractivity contribution < 1.29 is 0 Å². The Morgan fingerprint density at radius 3 is 2.53 bits per heavy atom. The second kappa shape index (κ2) is 7.21. The summed E-state index contributed by atoms with van der Waals surface area (Å²) in [6, 6.07) is 7.46. The van der Waals surface area contributed by atoms with Crippen LogP contribution >= 0.6 is 0 Å². The molecule has 0 saturated carbocycles. The first-order valence-electron chi connectivity index (χ1n) is 10.4. The molecular formula is C22H25N7O. The summed E-state index contributed by atoms with van der Waals surface area (Å²) in [6.45, 7) is 11.2. The third-order valence-electron chi connectivity index (χ3n) is 5.85. The van der Waals surface area contributed by atoms with E-state index in [0.717, 1.165) is 55.3 Å². The molecule has 0 unspecified atom stereocenters. The highest BCUT2D eigenvalue weighted by molar-refractivity contribution is 5.66. The molecule has 0 aromatic carbocycles. The number of hydrogen-bond acceptors (Lipinski definition) is 6. The van der Waals surface area contributed by atoms with Crippen LogP contribution in [0.5, 0.6) is 0 Å². The molecular weight excluding hydrogens is 378 g/mol. The van der Waals surface area contributed by atoms with Gasteiger partial charge in [0, 0.05) is 38.4 Å². The maximum absolute atomic E-state index is 12.9. The van der Waals surface area contributed by atoms with Gasteiger partial charge in [0.2, 0.25) is 0 Å². The summed E-state index contributed by atoms with van der Waals surface area (Å²) in [7, 11) is 0. The van der Waals surface area contributed by atoms with Crippen molar-refractivity contribution in [2.24, 2.45) is 0 Å². The molecule has 0 bridgehead atoms. The first kappa shape index (κ1) is 18.7. The standard InChI is InChI=1S/C22H25N7O/c1-4-26-7-9-27(10-8-26)17-5-6-21-24-18(12-22(30)28(21)14-17)19-11-20-16(3)23-15(2)13-29(20)25-19/h5-6,11-14H,4,7-10H2,1-3H3. The monoisotopic (exact) mass is 403 g/mol. The molecule has 5 heterocycles. The van der Waals surface area contributed by atoms with Crippen LogP contribution in [0.4, 0.5) is 5.69 Å². The summed E-state index contributed by atoms with van der Waals surface area (Å²) in [5.41, 5.74) is 5.53. The number of nitrogens with zero attached hydrogens (tertiary/aromatic N) is 7. The predicted octanol–water partition coefficient (Wildman–Crippen LogP) is 2.16. The van der Waals surface area contributed by atoms with Gasteiger partial charge in [-0.2, -0.15) is 5.10 Å². The molecule has 0 amide bonds. The van der Waals surface area contributed by atoms with E-state index in [4.69, 9.17) is 4.98 Å². The lowest BCUT2D eigenvalue weighted by atomic mass is 10.2. The Bertz CT molecular complexity index is 1300. The van der Waals surface area contributed by atoms with Crippen LogP contribution in [0.15, 0.2) is 41.5 Å². The summed E-state index contributed by atoms with van der Waals surface area (Å²) in [5.74, 6) is 0. The minimum absolute atomic E-state index is 0.105. The fourth-order valence-corrected chi connectivity index (χ4v) is 4.15. The highest BCUT2D eigenvalue weighted by Gasteiger charge is 2.17. The van der Waals surface area contributed by atoms with Crippen molar-refractivity contribution in [3.63, 3.8) is 0 Å². The summed E-state index contributed by atoms with van der Waals surface area (Å²) < 4.78 is 3.42. The molecule has 4 aromatic rings. The van der Waals surface area contributed by atoms with Gasteiger partial charge in [-0.25, -0.2) is 9.50 Å². The smallest absolute Gasteiger partial charge is 0.258 e. The first-order valence-corrected chi connectivity index (χ1v) is 10.4. The van der Waals surface area contributed by atoms with Crippen LogP contribution in [0.25, 0.3) is 22.6 Å². The van der Waals surface area contributed by atoms with Crippen LogP contribution in [0, 0.1) is 13.8 Å². The molecule has 0 radical (unpaired) electrons. The Labute approximate surface area is 174 Å². The van der Waals surface area contributed by atoms with Gasteiger partial charge in [-0.05, 0) is 38.6 Å². The summed E-state index contributed by atoms with van der Waals surface area (Å²) in [6.07, 6.45) is 3.78. The Morgan fingerprint density at radius 1 is 0.967 bits per heavy atom. The SMILES string of the molecule is CCN1CCN(c2ccc3nc(-c4cc5c(C)nc(C)cn5n4)cc(=O)n3c2)CC1. The van der Waals surface area contributed by atoms with Gasteiger partial charge in [0.15, 0.2) is 0 Å². The van der Waals surface area contributed by atoms with E-state index in [9.17, 15) is 4.79 Å². The minimum atomic E-state index is -0.105. The summed E-state index contributed by atoms with van der Waals surface area (Å²) in [5, 5.41) is 4.61. The highest BCUT2D eigenvalue weighted by atomic mass is 16.1. The maximum atomic E-state index is 12.9. The van der Waals surface area contributed by atoms with Gasteiger partial charge in [0.05, 0.1) is 34.5 Å². The third-order valence-corrected chi connectivity index (χ3v) is 5.85. The quantitative estimate of drug-likeness (QED) is 0.522. The number of aryl methyl sites for hydroxylation is 2. The van der Waals surface area contributed by atoms with E-state index >= 15 is 0 Å². The second-order valence-electron chi connectivity index (χ2n) is 7.84. The molecule has 0 aliphatic carbocycles. The fourth-order valence-electron chi connectivity index (χ4n) is 4.15. The van der Waals surface area contributed by atoms with Gasteiger partial charge in [0.1, 0.15) is 11.3 Å². The molecule has 4 aromatic heterocycles. The van der Waals surface area contributed by atoms with Crippen LogP contribution in [0.2, 0.25) is 0 Å². The van der Waals surface area contributed by atoms with Gasteiger partial charge in [-0.1, -0.05) is 6.92 Å². The predicted molar refractivity (Wildman–Crippen MR) is 117 cm³/mol. The van der Waals surface area contributed by atoms with Crippen molar-refractivity contribution in [2.45, 2.75) is 20.8 Å². The topological polar surface area (TPSA) is 71.0 Å². The van der Waals surface area contributed by atoms with Gasteiger partial charge in [-0.15, -0.1) is 0 Å². The molecule has 8 nitrogen and oxygen atoms in total. The molecule has 8 heteroatoms. The zero-order valence-electron chi connectivity index (χ0n) is 17.5. The van der Waals surface area contributed by atoms with Gasteiger partial charge >= 0.3 is 0 Å². The first-order chi connectivity index (χ1) is 14.5. The summed E-state index contributed by atoms with van der Waals surface area (Å²) >= 11 is 0. The number of piperazine rings is 1. The van der Waals surface area contributed by atoms with E-state index in [1.807, 2.05) is 44.4 Å². The van der Waals surface area contributed by atoms with Crippen molar-refractivity contribution in [3.8, 4) is 11.4 Å². The van der Waals surface area contributed by atoms with Crippen LogP contribution < -0.4 is 10.5 Å². The van der Waals surface area contributed by atoms with E-state index < -0.39 is 0 Å². The van der Waals surface area contributed by atoms with Crippen molar-refractivity contribution in [1.82, 2.24) is 28.9 Å². The molecule has 1 fully saturated rings. The van der Waals surface area contributed by atoms with Crippen molar-refractivity contribution >= 4 is 16.9 Å². The zero-order chi connectivity index (χ0) is 20.8. The number of rotatable bonds is 3. The van der Waals surface area contributed by atoms with Crippen LogP contribution in [0.1, 0.15) is 18.3 Å². The average Bonchev–Trinajstić information content (AvgIpc) is 3.18. The Kier molecular flexibility index (Phi) is 4.51. The van der Waals surface area contributed by atoms with Gasteiger partial charge < -0.3 is 9.80 Å². The van der Waals surface area contributed by atoms with Crippen molar-refractivity contribution in [1.29, 1.82) is 0 Å². The van der Waals surface area contributed by atoms with Crippen LogP contribution in [0.3, 0.4) is 0 Å². The molecule has 0 N–H and O–H groups in total. The number of fused-ring (bicyclic) bond motifs is 2. The molecule has 154 valence electrons. The van der Waals surface area contributed by atoms with E-state index in [1.54, 1.807) is 15.0 Å². The molecule has 1 saturated heterocycles. The summed E-state index contributed by atoms with van der Waals surface area (Å²) in [4.78, 5) is 26.8. The zero-order valence-corrected chi connectivity index (χ0v) is 17.5. The number of likely N-dealkylation sites (N-methyl/N-ethyl adjacent to an activating group) is 1. The Hall–Kier alpha value is -3.26. The van der Waals surface area contributed by atoms with Crippen molar-refractivity contribution in [3.05, 3.63) is 58.4 Å². The second-order valence-corrected chi connectivity index (χ2v) is 7.84. The Morgan fingerprint density at radius 2 is 1.77 bits per heavy atom.